The standard InChI is InChI=1S/C22H18ClN3O2/c1-2-17-21(26-14-15(23)12-13-20(26)24-17)22(27)25-18-10-6-7-11-19(18)28-16-8-4-3-5-9-16/h3-14H,2H2,1H3,(H,25,27). The van der Waals surface area contributed by atoms with E-state index in [2.05, 4.69) is 10.3 Å². The van der Waals surface area contributed by atoms with Crippen LogP contribution in [-0.4, -0.2) is 15.3 Å². The first kappa shape index (κ1) is 18.1. The van der Waals surface area contributed by atoms with Crippen molar-refractivity contribution in [3.05, 3.63) is 89.3 Å². The van der Waals surface area contributed by atoms with Crippen molar-refractivity contribution in [1.29, 1.82) is 0 Å². The van der Waals surface area contributed by atoms with Crippen molar-refractivity contribution in [3.63, 3.8) is 0 Å². The highest BCUT2D eigenvalue weighted by Crippen LogP contribution is 2.30. The van der Waals surface area contributed by atoms with Gasteiger partial charge in [0.1, 0.15) is 17.1 Å². The van der Waals surface area contributed by atoms with Crippen LogP contribution in [0.4, 0.5) is 5.69 Å². The molecule has 0 radical (unpaired) electrons. The van der Waals surface area contributed by atoms with Gasteiger partial charge in [-0.1, -0.05) is 48.9 Å². The maximum Gasteiger partial charge on any atom is 0.274 e. The van der Waals surface area contributed by atoms with Crippen LogP contribution in [0.25, 0.3) is 5.65 Å². The molecule has 0 aliphatic heterocycles. The van der Waals surface area contributed by atoms with Crippen molar-refractivity contribution in [2.45, 2.75) is 13.3 Å². The van der Waals surface area contributed by atoms with Crippen molar-refractivity contribution in [2.24, 2.45) is 0 Å². The molecule has 0 saturated heterocycles. The van der Waals surface area contributed by atoms with Crippen LogP contribution in [-0.2, 0) is 6.42 Å². The van der Waals surface area contributed by atoms with Crippen LogP contribution in [0.1, 0.15) is 23.1 Å². The molecule has 0 bridgehead atoms. The maximum absolute atomic E-state index is 13.1. The summed E-state index contributed by atoms with van der Waals surface area (Å²) in [6.07, 6.45) is 2.33. The summed E-state index contributed by atoms with van der Waals surface area (Å²) in [4.78, 5) is 17.7. The van der Waals surface area contributed by atoms with E-state index in [1.165, 1.54) is 0 Å². The first-order chi connectivity index (χ1) is 13.7. The van der Waals surface area contributed by atoms with Gasteiger partial charge < -0.3 is 10.1 Å². The van der Waals surface area contributed by atoms with E-state index in [-0.39, 0.29) is 5.91 Å². The van der Waals surface area contributed by atoms with Gasteiger partial charge in [-0.05, 0) is 42.8 Å². The molecule has 28 heavy (non-hydrogen) atoms. The number of imidazole rings is 1. The van der Waals surface area contributed by atoms with Crippen molar-refractivity contribution in [1.82, 2.24) is 9.38 Å². The number of halogens is 1. The van der Waals surface area contributed by atoms with Crippen molar-refractivity contribution >= 4 is 28.8 Å². The first-order valence-corrected chi connectivity index (χ1v) is 9.33. The minimum atomic E-state index is -0.268. The summed E-state index contributed by atoms with van der Waals surface area (Å²) in [5, 5.41) is 3.49. The number of nitrogens with zero attached hydrogens (tertiary/aromatic N) is 2. The summed E-state index contributed by atoms with van der Waals surface area (Å²) in [5.74, 6) is 0.989. The topological polar surface area (TPSA) is 55.6 Å². The summed E-state index contributed by atoms with van der Waals surface area (Å²) < 4.78 is 7.65. The number of ether oxygens (including phenoxy) is 1. The van der Waals surface area contributed by atoms with Gasteiger partial charge in [-0.3, -0.25) is 9.20 Å². The number of carbonyl (C=O) groups excluding carboxylic acids is 1. The fourth-order valence-corrected chi connectivity index (χ4v) is 3.17. The molecule has 4 aromatic rings. The van der Waals surface area contributed by atoms with E-state index in [0.29, 0.717) is 45.7 Å². The smallest absolute Gasteiger partial charge is 0.274 e. The second-order valence-electron chi connectivity index (χ2n) is 6.20. The summed E-state index contributed by atoms with van der Waals surface area (Å²) >= 11 is 6.12. The summed E-state index contributed by atoms with van der Waals surface area (Å²) in [6.45, 7) is 1.96. The number of anilines is 1. The van der Waals surface area contributed by atoms with E-state index in [0.717, 1.165) is 0 Å². The zero-order chi connectivity index (χ0) is 19.5. The van der Waals surface area contributed by atoms with Gasteiger partial charge in [-0.25, -0.2) is 4.98 Å². The molecule has 2 aromatic heterocycles. The Kier molecular flexibility index (Phi) is 5.00. The number of hydrogen-bond acceptors (Lipinski definition) is 3. The number of aromatic nitrogens is 2. The van der Waals surface area contributed by atoms with Crippen LogP contribution in [0.15, 0.2) is 72.9 Å². The lowest BCUT2D eigenvalue weighted by Crippen LogP contribution is -2.16. The quantitative estimate of drug-likeness (QED) is 0.482. The van der Waals surface area contributed by atoms with Crippen LogP contribution < -0.4 is 10.1 Å². The van der Waals surface area contributed by atoms with Crippen molar-refractivity contribution < 1.29 is 9.53 Å². The fraction of sp³-hybridized carbons (Fsp3) is 0.0909. The van der Waals surface area contributed by atoms with Gasteiger partial charge in [0.15, 0.2) is 5.75 Å². The zero-order valence-electron chi connectivity index (χ0n) is 15.2. The Morgan fingerprint density at radius 2 is 1.82 bits per heavy atom. The second kappa shape index (κ2) is 7.74. The first-order valence-electron chi connectivity index (χ1n) is 8.95. The van der Waals surface area contributed by atoms with Gasteiger partial charge in [0, 0.05) is 6.20 Å². The molecule has 0 fully saturated rings. The second-order valence-corrected chi connectivity index (χ2v) is 6.64. The molecule has 2 aromatic carbocycles. The lowest BCUT2D eigenvalue weighted by atomic mass is 10.2. The van der Waals surface area contributed by atoms with Crippen molar-refractivity contribution in [3.8, 4) is 11.5 Å². The Balaban J connectivity index is 1.68. The molecule has 2 heterocycles. The number of benzene rings is 2. The van der Waals surface area contributed by atoms with Gasteiger partial charge in [0.05, 0.1) is 16.4 Å². The van der Waals surface area contributed by atoms with Crippen LogP contribution in [0.3, 0.4) is 0 Å². The average Bonchev–Trinajstić information content (AvgIpc) is 3.08. The van der Waals surface area contributed by atoms with E-state index < -0.39 is 0 Å². The van der Waals surface area contributed by atoms with Crippen LogP contribution >= 0.6 is 11.6 Å². The Labute approximate surface area is 167 Å². The predicted molar refractivity (Wildman–Crippen MR) is 110 cm³/mol. The molecule has 140 valence electrons. The lowest BCUT2D eigenvalue weighted by molar-refractivity contribution is 0.102. The number of aryl methyl sites for hydroxylation is 1. The van der Waals surface area contributed by atoms with E-state index in [9.17, 15) is 4.79 Å². The molecule has 0 aliphatic rings. The fourth-order valence-electron chi connectivity index (χ4n) is 3.01. The molecule has 5 nitrogen and oxygen atoms in total. The Morgan fingerprint density at radius 1 is 1.07 bits per heavy atom. The van der Waals surface area contributed by atoms with Gasteiger partial charge in [0.2, 0.25) is 0 Å². The van der Waals surface area contributed by atoms with Gasteiger partial charge in [0.25, 0.3) is 5.91 Å². The minimum absolute atomic E-state index is 0.268. The summed E-state index contributed by atoms with van der Waals surface area (Å²) in [6, 6.07) is 20.3. The molecule has 0 unspecified atom stereocenters. The number of fused-ring (bicyclic) bond motifs is 1. The number of carbonyl (C=O) groups is 1. The van der Waals surface area contributed by atoms with Crippen LogP contribution in [0.2, 0.25) is 5.02 Å². The van der Waals surface area contributed by atoms with E-state index in [4.69, 9.17) is 16.3 Å². The third-order valence-electron chi connectivity index (χ3n) is 4.31. The molecule has 1 N–H and O–H groups in total. The largest absolute Gasteiger partial charge is 0.455 e. The lowest BCUT2D eigenvalue weighted by Gasteiger charge is -2.12. The van der Waals surface area contributed by atoms with Crippen LogP contribution in [0, 0.1) is 0 Å². The molecule has 0 atom stereocenters. The molecule has 0 saturated carbocycles. The third kappa shape index (κ3) is 3.57. The maximum atomic E-state index is 13.1. The monoisotopic (exact) mass is 391 g/mol. The van der Waals surface area contributed by atoms with Crippen LogP contribution in [0.5, 0.6) is 11.5 Å². The third-order valence-corrected chi connectivity index (χ3v) is 4.53. The Bertz CT molecular complexity index is 1140. The number of amides is 1. The zero-order valence-corrected chi connectivity index (χ0v) is 16.0. The number of para-hydroxylation sites is 3. The molecule has 0 aliphatic carbocycles. The average molecular weight is 392 g/mol. The molecular formula is C22H18ClN3O2. The highest BCUT2D eigenvalue weighted by molar-refractivity contribution is 6.30. The highest BCUT2D eigenvalue weighted by atomic mass is 35.5. The van der Waals surface area contributed by atoms with Gasteiger partial charge in [-0.2, -0.15) is 0 Å². The molecule has 6 heteroatoms. The van der Waals surface area contributed by atoms with E-state index >= 15 is 0 Å². The Morgan fingerprint density at radius 3 is 2.61 bits per heavy atom. The Hall–Kier alpha value is -3.31. The van der Waals surface area contributed by atoms with E-state index in [1.807, 2.05) is 55.5 Å². The number of hydrogen-bond donors (Lipinski definition) is 1. The van der Waals surface area contributed by atoms with E-state index in [1.54, 1.807) is 28.8 Å². The van der Waals surface area contributed by atoms with Gasteiger partial charge >= 0.3 is 0 Å². The summed E-state index contributed by atoms with van der Waals surface area (Å²) in [5.41, 5.74) is 2.44. The SMILES string of the molecule is CCc1nc2ccc(Cl)cn2c1C(=O)Nc1ccccc1Oc1ccccc1. The molecule has 0 spiro atoms. The highest BCUT2D eigenvalue weighted by Gasteiger charge is 2.20. The normalized spacial score (nSPS) is 10.8. The van der Waals surface area contributed by atoms with Crippen molar-refractivity contribution in [2.75, 3.05) is 5.32 Å². The number of pyridine rings is 1. The summed E-state index contributed by atoms with van der Waals surface area (Å²) in [7, 11) is 0. The van der Waals surface area contributed by atoms with Gasteiger partial charge in [-0.15, -0.1) is 0 Å². The predicted octanol–water partition coefficient (Wildman–Crippen LogP) is 5.59. The molecule has 4 rings (SSSR count). The minimum Gasteiger partial charge on any atom is -0.455 e. The molecule has 1 amide bonds. The molecular weight excluding hydrogens is 374 g/mol. The number of nitrogens with one attached hydrogen (secondary N) is 1. The number of rotatable bonds is 5.